The fourth-order valence-corrected chi connectivity index (χ4v) is 5.28. The molecule has 1 heterocycles. The normalized spacial score (nSPS) is 27.5. The van der Waals surface area contributed by atoms with Crippen molar-refractivity contribution >= 4 is 0 Å². The molecular formula is C27H24F2O2. The monoisotopic (exact) mass is 418 g/mol. The highest BCUT2D eigenvalue weighted by Gasteiger charge is 2.85. The zero-order chi connectivity index (χ0) is 21.2. The Morgan fingerprint density at radius 1 is 0.742 bits per heavy atom. The Hall–Kier alpha value is -2.56. The van der Waals surface area contributed by atoms with Gasteiger partial charge in [-0.25, -0.2) is 8.78 Å². The minimum absolute atomic E-state index is 0.134. The minimum Gasteiger partial charge on any atom is -0.365 e. The van der Waals surface area contributed by atoms with E-state index in [0.717, 1.165) is 16.7 Å². The van der Waals surface area contributed by atoms with Crippen LogP contribution in [0.5, 0.6) is 0 Å². The van der Waals surface area contributed by atoms with Crippen LogP contribution in [0.15, 0.2) is 91.0 Å². The molecule has 3 fully saturated rings. The summed E-state index contributed by atoms with van der Waals surface area (Å²) >= 11 is 0. The van der Waals surface area contributed by atoms with Gasteiger partial charge in [-0.2, -0.15) is 0 Å². The van der Waals surface area contributed by atoms with E-state index in [-0.39, 0.29) is 13.0 Å². The van der Waals surface area contributed by atoms with E-state index in [4.69, 9.17) is 9.47 Å². The van der Waals surface area contributed by atoms with Crippen molar-refractivity contribution in [3.8, 4) is 0 Å². The van der Waals surface area contributed by atoms with Gasteiger partial charge in [-0.1, -0.05) is 91.0 Å². The van der Waals surface area contributed by atoms with Crippen molar-refractivity contribution in [2.24, 2.45) is 5.41 Å². The summed E-state index contributed by atoms with van der Waals surface area (Å²) in [5.41, 5.74) is -0.741. The summed E-state index contributed by atoms with van der Waals surface area (Å²) in [6.07, 6.45) is 0.615. The first kappa shape index (κ1) is 19.1. The Morgan fingerprint density at radius 3 is 1.58 bits per heavy atom. The third kappa shape index (κ3) is 2.55. The molecule has 4 heteroatoms. The summed E-state index contributed by atoms with van der Waals surface area (Å²) in [4.78, 5) is 0. The number of benzene rings is 3. The topological polar surface area (TPSA) is 18.5 Å². The van der Waals surface area contributed by atoms with Crippen LogP contribution >= 0.6 is 0 Å². The van der Waals surface area contributed by atoms with Crippen LogP contribution in [0, 0.1) is 5.41 Å². The highest BCUT2D eigenvalue weighted by molar-refractivity contribution is 5.48. The van der Waals surface area contributed by atoms with Gasteiger partial charge in [-0.05, 0) is 29.5 Å². The lowest BCUT2D eigenvalue weighted by atomic mass is 9.80. The van der Waals surface area contributed by atoms with Crippen molar-refractivity contribution in [3.63, 3.8) is 0 Å². The molecule has 0 unspecified atom stereocenters. The lowest BCUT2D eigenvalue weighted by Gasteiger charge is -2.37. The second kappa shape index (κ2) is 6.47. The average molecular weight is 418 g/mol. The van der Waals surface area contributed by atoms with Crippen LogP contribution in [-0.4, -0.2) is 24.2 Å². The van der Waals surface area contributed by atoms with Gasteiger partial charge in [0.25, 0.3) is 5.92 Å². The van der Waals surface area contributed by atoms with Gasteiger partial charge >= 0.3 is 0 Å². The molecule has 6 rings (SSSR count). The van der Waals surface area contributed by atoms with Crippen LogP contribution in [0.25, 0.3) is 0 Å². The Bertz CT molecular complexity index is 983. The fraction of sp³-hybridized carbons (Fsp3) is 0.333. The number of alkyl halides is 2. The lowest BCUT2D eigenvalue weighted by Crippen LogP contribution is -2.43. The van der Waals surface area contributed by atoms with Gasteiger partial charge in [0.2, 0.25) is 0 Å². The molecule has 0 N–H and O–H groups in total. The van der Waals surface area contributed by atoms with E-state index in [1.54, 1.807) is 0 Å². The molecule has 3 aromatic carbocycles. The molecule has 1 aliphatic heterocycles. The van der Waals surface area contributed by atoms with Crippen molar-refractivity contribution in [2.75, 3.05) is 6.61 Å². The molecular weight excluding hydrogens is 394 g/mol. The molecule has 2 atom stereocenters. The van der Waals surface area contributed by atoms with Gasteiger partial charge in [-0.3, -0.25) is 0 Å². The summed E-state index contributed by atoms with van der Waals surface area (Å²) in [5.74, 6) is -2.86. The van der Waals surface area contributed by atoms with Gasteiger partial charge in [0.05, 0.1) is 18.1 Å². The van der Waals surface area contributed by atoms with Crippen LogP contribution < -0.4 is 0 Å². The van der Waals surface area contributed by atoms with Crippen LogP contribution in [0.1, 0.15) is 36.0 Å². The lowest BCUT2D eigenvalue weighted by molar-refractivity contribution is -0.143. The van der Waals surface area contributed by atoms with Crippen LogP contribution in [0.3, 0.4) is 0 Å². The number of hydrogen-bond acceptors (Lipinski definition) is 2. The predicted octanol–water partition coefficient (Wildman–Crippen LogP) is 5.95. The molecule has 0 radical (unpaired) electrons. The van der Waals surface area contributed by atoms with Crippen molar-refractivity contribution in [2.45, 2.75) is 42.5 Å². The molecule has 1 saturated heterocycles. The minimum atomic E-state index is -2.86. The molecule has 3 aromatic rings. The van der Waals surface area contributed by atoms with Crippen LogP contribution in [0.2, 0.25) is 0 Å². The zero-order valence-electron chi connectivity index (χ0n) is 17.1. The molecule has 31 heavy (non-hydrogen) atoms. The van der Waals surface area contributed by atoms with Gasteiger partial charge in [-0.15, -0.1) is 0 Å². The molecule has 0 bridgehead atoms. The number of halogens is 2. The van der Waals surface area contributed by atoms with Gasteiger partial charge in [0.15, 0.2) is 5.60 Å². The summed E-state index contributed by atoms with van der Waals surface area (Å²) in [5, 5.41) is 0. The fourth-order valence-electron chi connectivity index (χ4n) is 5.28. The first-order chi connectivity index (χ1) is 15.0. The van der Waals surface area contributed by atoms with E-state index < -0.39 is 28.6 Å². The van der Waals surface area contributed by atoms with Gasteiger partial charge < -0.3 is 9.47 Å². The average Bonchev–Trinajstić information content (AvgIpc) is 3.72. The van der Waals surface area contributed by atoms with E-state index in [1.165, 1.54) is 0 Å². The number of hydrogen-bond donors (Lipinski definition) is 0. The molecule has 0 amide bonds. The van der Waals surface area contributed by atoms with Crippen molar-refractivity contribution in [3.05, 3.63) is 108 Å². The number of rotatable bonds is 5. The third-order valence-corrected chi connectivity index (χ3v) is 7.37. The van der Waals surface area contributed by atoms with Gasteiger partial charge in [0.1, 0.15) is 5.60 Å². The second-order valence-corrected chi connectivity index (χ2v) is 9.12. The molecule has 0 aromatic heterocycles. The zero-order valence-corrected chi connectivity index (χ0v) is 17.1. The molecule has 158 valence electrons. The summed E-state index contributed by atoms with van der Waals surface area (Å²) in [6.45, 7) is 0.134. The Balaban J connectivity index is 1.49. The molecule has 2 spiro atoms. The summed E-state index contributed by atoms with van der Waals surface area (Å²) in [7, 11) is 0. The third-order valence-electron chi connectivity index (χ3n) is 7.37. The summed E-state index contributed by atoms with van der Waals surface area (Å²) in [6, 6.07) is 29.6. The van der Waals surface area contributed by atoms with E-state index in [9.17, 15) is 0 Å². The predicted molar refractivity (Wildman–Crippen MR) is 114 cm³/mol. The Morgan fingerprint density at radius 2 is 1.19 bits per heavy atom. The summed E-state index contributed by atoms with van der Waals surface area (Å²) < 4.78 is 43.5. The van der Waals surface area contributed by atoms with E-state index in [0.29, 0.717) is 12.8 Å². The van der Waals surface area contributed by atoms with Crippen molar-refractivity contribution in [1.82, 2.24) is 0 Å². The van der Waals surface area contributed by atoms with E-state index in [2.05, 4.69) is 0 Å². The molecule has 2 aliphatic carbocycles. The highest BCUT2D eigenvalue weighted by Crippen LogP contribution is 2.73. The molecule has 2 nitrogen and oxygen atoms in total. The van der Waals surface area contributed by atoms with E-state index in [1.807, 2.05) is 91.0 Å². The second-order valence-electron chi connectivity index (χ2n) is 9.12. The van der Waals surface area contributed by atoms with Crippen LogP contribution in [0.4, 0.5) is 8.78 Å². The first-order valence-corrected chi connectivity index (χ1v) is 10.9. The maximum Gasteiger partial charge on any atom is 0.286 e. The van der Waals surface area contributed by atoms with Crippen molar-refractivity contribution in [1.29, 1.82) is 0 Å². The SMILES string of the molecule is FC1(F)C2(CC2)CO[C@]12C[C@H]2OC(c1ccccc1)(c1ccccc1)c1ccccc1. The highest BCUT2D eigenvalue weighted by atomic mass is 19.3. The molecule has 3 aliphatic rings. The van der Waals surface area contributed by atoms with E-state index >= 15 is 8.78 Å². The van der Waals surface area contributed by atoms with Crippen LogP contribution in [-0.2, 0) is 15.1 Å². The van der Waals surface area contributed by atoms with Crippen molar-refractivity contribution < 1.29 is 18.3 Å². The standard InChI is InChI=1S/C27H24F2O2/c28-27(29)24(16-17-24)19-30-25(27)18-23(25)31-26(20-10-4-1-5-11-20,21-12-6-2-7-13-21)22-14-8-3-9-15-22/h1-15,23H,16-19H2/t23-,25+/m1/s1. The number of ether oxygens (including phenoxy) is 2. The Kier molecular flexibility index (Phi) is 4.00. The van der Waals surface area contributed by atoms with Gasteiger partial charge in [0, 0.05) is 6.42 Å². The maximum absolute atomic E-state index is 15.5. The molecule has 2 saturated carbocycles. The Labute approximate surface area is 180 Å². The largest absolute Gasteiger partial charge is 0.365 e. The smallest absolute Gasteiger partial charge is 0.286 e. The first-order valence-electron chi connectivity index (χ1n) is 10.9. The quantitative estimate of drug-likeness (QED) is 0.477. The maximum atomic E-state index is 15.5.